The zero-order valence-corrected chi connectivity index (χ0v) is 10.4. The molecule has 0 aromatic carbocycles. The Morgan fingerprint density at radius 3 is 2.80 bits per heavy atom. The van der Waals surface area contributed by atoms with Crippen molar-refractivity contribution in [3.63, 3.8) is 0 Å². The fourth-order valence-corrected chi connectivity index (χ4v) is 2.16. The van der Waals surface area contributed by atoms with Crippen molar-refractivity contribution in [2.75, 3.05) is 0 Å². The van der Waals surface area contributed by atoms with Gasteiger partial charge in [-0.15, -0.1) is 0 Å². The number of pyridine rings is 1. The lowest BCUT2D eigenvalue weighted by Crippen LogP contribution is -1.95. The van der Waals surface area contributed by atoms with Gasteiger partial charge in [-0.3, -0.25) is 0 Å². The summed E-state index contributed by atoms with van der Waals surface area (Å²) in [5.41, 5.74) is 2.69. The molecule has 4 aromatic heterocycles. The topological polar surface area (TPSA) is 72.3 Å². The molecular weight excluding hydrogens is 252 g/mol. The van der Waals surface area contributed by atoms with Crippen LogP contribution in [0, 0.1) is 0 Å². The molecule has 4 aromatic rings. The van der Waals surface area contributed by atoms with Crippen LogP contribution in [0.3, 0.4) is 0 Å². The van der Waals surface area contributed by atoms with Crippen molar-refractivity contribution in [2.24, 2.45) is 0 Å². The largest absolute Gasteiger partial charge is 0.346 e. The molecule has 6 nitrogen and oxygen atoms in total. The van der Waals surface area contributed by atoms with Crippen LogP contribution < -0.4 is 0 Å². The molecule has 0 saturated heterocycles. The third-order valence-corrected chi connectivity index (χ3v) is 3.09. The summed E-state index contributed by atoms with van der Waals surface area (Å²) < 4.78 is 1.81. The van der Waals surface area contributed by atoms with E-state index in [2.05, 4.69) is 25.0 Å². The number of nitrogens with one attached hydrogen (secondary N) is 1. The highest BCUT2D eigenvalue weighted by Crippen LogP contribution is 2.21. The molecule has 0 saturated carbocycles. The van der Waals surface area contributed by atoms with Crippen molar-refractivity contribution in [1.82, 2.24) is 29.7 Å². The minimum Gasteiger partial charge on any atom is -0.346 e. The van der Waals surface area contributed by atoms with E-state index < -0.39 is 0 Å². The molecule has 0 fully saturated rings. The van der Waals surface area contributed by atoms with Crippen LogP contribution in [0.25, 0.3) is 28.1 Å². The predicted octanol–water partition coefficient (Wildman–Crippen LogP) is 2.21. The van der Waals surface area contributed by atoms with Crippen LogP contribution in [0.2, 0.25) is 0 Å². The monoisotopic (exact) mass is 262 g/mol. The first kappa shape index (κ1) is 10.9. The van der Waals surface area contributed by atoms with E-state index in [9.17, 15) is 0 Å². The lowest BCUT2D eigenvalue weighted by atomic mass is 10.3. The average molecular weight is 262 g/mol. The molecule has 0 spiro atoms. The van der Waals surface area contributed by atoms with Crippen LogP contribution in [0.1, 0.15) is 0 Å². The Labute approximate surface area is 114 Å². The van der Waals surface area contributed by atoms with Gasteiger partial charge in [0.15, 0.2) is 5.82 Å². The molecule has 4 heterocycles. The Hall–Kier alpha value is -3.02. The quantitative estimate of drug-likeness (QED) is 0.601. The van der Waals surface area contributed by atoms with Gasteiger partial charge in [-0.25, -0.2) is 19.6 Å². The molecule has 4 rings (SSSR count). The lowest BCUT2D eigenvalue weighted by molar-refractivity contribution is 0.886. The smallest absolute Gasteiger partial charge is 0.162 e. The van der Waals surface area contributed by atoms with E-state index in [1.165, 1.54) is 0 Å². The number of nitrogens with zero attached hydrogens (tertiary/aromatic N) is 5. The number of hydrogen-bond acceptors (Lipinski definition) is 4. The summed E-state index contributed by atoms with van der Waals surface area (Å²) >= 11 is 0. The Bertz CT molecular complexity index is 861. The summed E-state index contributed by atoms with van der Waals surface area (Å²) in [7, 11) is 0. The fraction of sp³-hybridized carbons (Fsp3) is 0. The van der Waals surface area contributed by atoms with E-state index >= 15 is 0 Å². The van der Waals surface area contributed by atoms with Gasteiger partial charge in [0.2, 0.25) is 0 Å². The number of aromatic amines is 1. The van der Waals surface area contributed by atoms with Crippen molar-refractivity contribution in [1.29, 1.82) is 0 Å². The average Bonchev–Trinajstić information content (AvgIpc) is 3.17. The Morgan fingerprint density at radius 2 is 1.90 bits per heavy atom. The number of hydrogen-bond donors (Lipinski definition) is 1. The zero-order valence-electron chi connectivity index (χ0n) is 10.4. The van der Waals surface area contributed by atoms with Crippen molar-refractivity contribution < 1.29 is 0 Å². The molecule has 0 aliphatic carbocycles. The maximum absolute atomic E-state index is 4.39. The molecule has 20 heavy (non-hydrogen) atoms. The van der Waals surface area contributed by atoms with Gasteiger partial charge in [0.25, 0.3) is 0 Å². The highest BCUT2D eigenvalue weighted by Gasteiger charge is 2.08. The third-order valence-electron chi connectivity index (χ3n) is 3.09. The fourth-order valence-electron chi connectivity index (χ4n) is 2.16. The van der Waals surface area contributed by atoms with E-state index in [4.69, 9.17) is 0 Å². The molecule has 0 aliphatic rings. The summed E-state index contributed by atoms with van der Waals surface area (Å²) in [5, 5.41) is 5.41. The van der Waals surface area contributed by atoms with Gasteiger partial charge in [-0.2, -0.15) is 5.10 Å². The third kappa shape index (κ3) is 1.66. The second-order valence-electron chi connectivity index (χ2n) is 4.32. The first-order valence-corrected chi connectivity index (χ1v) is 6.16. The van der Waals surface area contributed by atoms with E-state index in [0.717, 1.165) is 22.3 Å². The number of fused-ring (bicyclic) bond motifs is 1. The second-order valence-corrected chi connectivity index (χ2v) is 4.32. The highest BCUT2D eigenvalue weighted by atomic mass is 15.3. The second kappa shape index (κ2) is 4.27. The summed E-state index contributed by atoms with van der Waals surface area (Å²) in [6, 6.07) is 5.71. The lowest BCUT2D eigenvalue weighted by Gasteiger charge is -2.02. The van der Waals surface area contributed by atoms with E-state index in [-0.39, 0.29) is 0 Å². The minimum absolute atomic E-state index is 0.665. The van der Waals surface area contributed by atoms with Gasteiger partial charge in [0.1, 0.15) is 5.65 Å². The van der Waals surface area contributed by atoms with Gasteiger partial charge >= 0.3 is 0 Å². The summed E-state index contributed by atoms with van der Waals surface area (Å²) in [6.07, 6.45) is 10.7. The SMILES string of the molecule is c1cnc(-c2cnn(-c3ccnc4[nH]ccc34)c2)nc1. The highest BCUT2D eigenvalue weighted by molar-refractivity contribution is 5.84. The summed E-state index contributed by atoms with van der Waals surface area (Å²) in [6.45, 7) is 0. The molecule has 0 radical (unpaired) electrons. The van der Waals surface area contributed by atoms with E-state index in [1.807, 2.05) is 29.2 Å². The normalized spacial score (nSPS) is 11.0. The molecule has 0 aliphatic heterocycles. The molecule has 0 bridgehead atoms. The molecule has 0 unspecified atom stereocenters. The van der Waals surface area contributed by atoms with Crippen molar-refractivity contribution in [3.05, 3.63) is 55.4 Å². The standard InChI is InChI=1S/C14H10N6/c1-4-15-13(16-5-1)10-8-19-20(9-10)12-3-7-18-14-11(12)2-6-17-14/h1-9H,(H,17,18). The first-order valence-electron chi connectivity index (χ1n) is 6.16. The first-order chi connectivity index (χ1) is 9.92. The van der Waals surface area contributed by atoms with Crippen molar-refractivity contribution >= 4 is 11.0 Å². The zero-order chi connectivity index (χ0) is 13.4. The van der Waals surface area contributed by atoms with Crippen molar-refractivity contribution in [2.45, 2.75) is 0 Å². The minimum atomic E-state index is 0.665. The number of H-pyrrole nitrogens is 1. The van der Waals surface area contributed by atoms with Gasteiger partial charge in [-0.1, -0.05) is 0 Å². The molecule has 96 valence electrons. The molecule has 0 amide bonds. The summed E-state index contributed by atoms with van der Waals surface area (Å²) in [4.78, 5) is 15.8. The van der Waals surface area contributed by atoms with Gasteiger partial charge in [0, 0.05) is 36.4 Å². The van der Waals surface area contributed by atoms with Gasteiger partial charge < -0.3 is 4.98 Å². The van der Waals surface area contributed by atoms with Gasteiger partial charge in [-0.05, 0) is 18.2 Å². The van der Waals surface area contributed by atoms with Crippen LogP contribution in [0.4, 0.5) is 0 Å². The number of aromatic nitrogens is 6. The predicted molar refractivity (Wildman–Crippen MR) is 74.2 cm³/mol. The van der Waals surface area contributed by atoms with E-state index in [1.54, 1.807) is 30.9 Å². The van der Waals surface area contributed by atoms with Crippen LogP contribution in [0.15, 0.2) is 55.4 Å². The Morgan fingerprint density at radius 1 is 1.00 bits per heavy atom. The Kier molecular flexibility index (Phi) is 2.32. The molecule has 0 atom stereocenters. The van der Waals surface area contributed by atoms with Crippen molar-refractivity contribution in [3.8, 4) is 17.1 Å². The van der Waals surface area contributed by atoms with Gasteiger partial charge in [0.05, 0.1) is 17.4 Å². The van der Waals surface area contributed by atoms with Crippen LogP contribution in [-0.4, -0.2) is 29.7 Å². The summed E-state index contributed by atoms with van der Waals surface area (Å²) in [5.74, 6) is 0.665. The molecule has 1 N–H and O–H groups in total. The molecule has 6 heteroatoms. The van der Waals surface area contributed by atoms with Crippen LogP contribution in [-0.2, 0) is 0 Å². The maximum Gasteiger partial charge on any atom is 0.162 e. The van der Waals surface area contributed by atoms with E-state index in [0.29, 0.717) is 5.82 Å². The maximum atomic E-state index is 4.39. The molecular formula is C14H10N6. The van der Waals surface area contributed by atoms with Crippen LogP contribution >= 0.6 is 0 Å². The van der Waals surface area contributed by atoms with Crippen LogP contribution in [0.5, 0.6) is 0 Å². The Balaban J connectivity index is 1.84. The number of rotatable bonds is 2.